The minimum Gasteiger partial charge on any atom is -0.494 e. The summed E-state index contributed by atoms with van der Waals surface area (Å²) < 4.78 is 10.7. The van der Waals surface area contributed by atoms with Crippen molar-refractivity contribution in [2.24, 2.45) is 0 Å². The van der Waals surface area contributed by atoms with Crippen LogP contribution in [-0.4, -0.2) is 66.8 Å². The number of ether oxygens (including phenoxy) is 2. The van der Waals surface area contributed by atoms with Gasteiger partial charge in [0.15, 0.2) is 0 Å². The molecule has 2 aromatic rings. The zero-order valence-electron chi connectivity index (χ0n) is 15.5. The summed E-state index contributed by atoms with van der Waals surface area (Å²) in [6.45, 7) is 7.30. The van der Waals surface area contributed by atoms with Crippen molar-refractivity contribution in [2.75, 3.05) is 51.3 Å². The second-order valence-electron chi connectivity index (χ2n) is 6.09. The number of carbonyl (C=O) groups excluding carboxylic acids is 1. The maximum Gasteiger partial charge on any atom is 0.254 e. The number of hydrogen-bond donors (Lipinski definition) is 2. The van der Waals surface area contributed by atoms with Crippen LogP contribution in [0.15, 0.2) is 36.7 Å². The molecule has 8 heteroatoms. The van der Waals surface area contributed by atoms with E-state index in [-0.39, 0.29) is 5.91 Å². The number of carbonyl (C=O) groups is 1. The molecule has 1 aromatic carbocycles. The second kappa shape index (κ2) is 9.84. The van der Waals surface area contributed by atoms with Crippen LogP contribution in [0, 0.1) is 0 Å². The van der Waals surface area contributed by atoms with Gasteiger partial charge in [-0.05, 0) is 31.2 Å². The van der Waals surface area contributed by atoms with Gasteiger partial charge in [0.1, 0.15) is 5.75 Å². The molecule has 2 heterocycles. The van der Waals surface area contributed by atoms with Gasteiger partial charge in [-0.25, -0.2) is 9.97 Å². The number of nitrogens with zero attached hydrogens (tertiary/aromatic N) is 3. The lowest BCUT2D eigenvalue weighted by Gasteiger charge is -2.26. The highest BCUT2D eigenvalue weighted by Crippen LogP contribution is 2.18. The predicted molar refractivity (Wildman–Crippen MR) is 103 cm³/mol. The summed E-state index contributed by atoms with van der Waals surface area (Å²) in [4.78, 5) is 22.9. The Morgan fingerprint density at radius 3 is 2.56 bits per heavy atom. The molecule has 1 aliphatic rings. The molecule has 1 amide bonds. The number of nitrogens with one attached hydrogen (secondary N) is 2. The number of anilines is 2. The molecule has 0 atom stereocenters. The van der Waals surface area contributed by atoms with Crippen molar-refractivity contribution in [3.63, 3.8) is 0 Å². The molecule has 8 nitrogen and oxygen atoms in total. The van der Waals surface area contributed by atoms with Crippen molar-refractivity contribution in [3.8, 4) is 5.75 Å². The Hall–Kier alpha value is -2.71. The molecular formula is C19H25N5O3. The topological polar surface area (TPSA) is 88.6 Å². The summed E-state index contributed by atoms with van der Waals surface area (Å²) in [7, 11) is 0. The fourth-order valence-electron chi connectivity index (χ4n) is 2.69. The Morgan fingerprint density at radius 1 is 1.19 bits per heavy atom. The van der Waals surface area contributed by atoms with E-state index in [0.717, 1.165) is 44.3 Å². The fourth-order valence-corrected chi connectivity index (χ4v) is 2.69. The van der Waals surface area contributed by atoms with Gasteiger partial charge >= 0.3 is 0 Å². The monoisotopic (exact) mass is 371 g/mol. The standard InChI is InChI=1S/C19H25N5O3/c1-2-27-17-5-3-16(4-6-17)23-19-21-13-15(14-22-19)18(25)20-7-8-24-9-11-26-12-10-24/h3-6,13-14H,2,7-12H2,1H3,(H,20,25)(H,21,22,23). The van der Waals surface area contributed by atoms with Crippen LogP contribution < -0.4 is 15.4 Å². The SMILES string of the molecule is CCOc1ccc(Nc2ncc(C(=O)NCCN3CCOCC3)cn2)cc1. The van der Waals surface area contributed by atoms with E-state index in [1.165, 1.54) is 12.4 Å². The first kappa shape index (κ1) is 19.1. The molecule has 0 radical (unpaired) electrons. The molecular weight excluding hydrogens is 346 g/mol. The van der Waals surface area contributed by atoms with Gasteiger partial charge in [0.25, 0.3) is 5.91 Å². The van der Waals surface area contributed by atoms with Crippen molar-refractivity contribution in [2.45, 2.75) is 6.92 Å². The first-order valence-corrected chi connectivity index (χ1v) is 9.15. The molecule has 27 heavy (non-hydrogen) atoms. The highest BCUT2D eigenvalue weighted by atomic mass is 16.5. The van der Waals surface area contributed by atoms with Crippen LogP contribution >= 0.6 is 0 Å². The third kappa shape index (κ3) is 5.90. The first-order valence-electron chi connectivity index (χ1n) is 9.15. The Kier molecular flexibility index (Phi) is 6.95. The van der Waals surface area contributed by atoms with Crippen LogP contribution in [0.1, 0.15) is 17.3 Å². The van der Waals surface area contributed by atoms with Crippen molar-refractivity contribution in [1.82, 2.24) is 20.2 Å². The Labute approximate surface area is 158 Å². The van der Waals surface area contributed by atoms with E-state index < -0.39 is 0 Å². The molecule has 2 N–H and O–H groups in total. The number of hydrogen-bond acceptors (Lipinski definition) is 7. The Morgan fingerprint density at radius 2 is 1.89 bits per heavy atom. The van der Waals surface area contributed by atoms with E-state index in [1.807, 2.05) is 31.2 Å². The number of amides is 1. The lowest BCUT2D eigenvalue weighted by Crippen LogP contribution is -2.41. The number of rotatable bonds is 8. The molecule has 0 saturated carbocycles. The van der Waals surface area contributed by atoms with Crippen molar-refractivity contribution < 1.29 is 14.3 Å². The van der Waals surface area contributed by atoms with Crippen molar-refractivity contribution in [3.05, 3.63) is 42.2 Å². The molecule has 0 bridgehead atoms. The average Bonchev–Trinajstić information content (AvgIpc) is 2.71. The van der Waals surface area contributed by atoms with Crippen LogP contribution in [0.25, 0.3) is 0 Å². The largest absolute Gasteiger partial charge is 0.494 e. The van der Waals surface area contributed by atoms with Gasteiger partial charge < -0.3 is 20.1 Å². The first-order chi connectivity index (χ1) is 13.2. The molecule has 144 valence electrons. The van der Waals surface area contributed by atoms with E-state index in [4.69, 9.17) is 9.47 Å². The molecule has 3 rings (SSSR count). The van der Waals surface area contributed by atoms with Crippen LogP contribution in [0.4, 0.5) is 11.6 Å². The van der Waals surface area contributed by atoms with Crippen LogP contribution in [0.3, 0.4) is 0 Å². The van der Waals surface area contributed by atoms with Gasteiger partial charge in [0.05, 0.1) is 25.4 Å². The summed E-state index contributed by atoms with van der Waals surface area (Å²) in [5.74, 6) is 1.08. The van der Waals surface area contributed by atoms with Gasteiger partial charge in [-0.15, -0.1) is 0 Å². The normalized spacial score (nSPS) is 14.6. The molecule has 1 aliphatic heterocycles. The van der Waals surface area contributed by atoms with Gasteiger partial charge in [0, 0.05) is 44.3 Å². The molecule has 0 aliphatic carbocycles. The number of benzene rings is 1. The van der Waals surface area contributed by atoms with Crippen molar-refractivity contribution in [1.29, 1.82) is 0 Å². The summed E-state index contributed by atoms with van der Waals surface area (Å²) in [5, 5.41) is 6.00. The van der Waals surface area contributed by atoms with Gasteiger partial charge in [-0.2, -0.15) is 0 Å². The highest BCUT2D eigenvalue weighted by Gasteiger charge is 2.11. The minimum absolute atomic E-state index is 0.170. The molecule has 1 aromatic heterocycles. The van der Waals surface area contributed by atoms with Gasteiger partial charge in [0.2, 0.25) is 5.95 Å². The van der Waals surface area contributed by atoms with Gasteiger partial charge in [-0.1, -0.05) is 0 Å². The van der Waals surface area contributed by atoms with E-state index >= 15 is 0 Å². The van der Waals surface area contributed by atoms with Crippen LogP contribution in [-0.2, 0) is 4.74 Å². The maximum absolute atomic E-state index is 12.2. The lowest BCUT2D eigenvalue weighted by atomic mass is 10.3. The fraction of sp³-hybridized carbons (Fsp3) is 0.421. The van der Waals surface area contributed by atoms with Crippen molar-refractivity contribution >= 4 is 17.5 Å². The van der Waals surface area contributed by atoms with E-state index in [1.54, 1.807) is 0 Å². The van der Waals surface area contributed by atoms with Gasteiger partial charge in [-0.3, -0.25) is 9.69 Å². The zero-order chi connectivity index (χ0) is 18.9. The quantitative estimate of drug-likeness (QED) is 0.730. The molecule has 0 spiro atoms. The average molecular weight is 371 g/mol. The third-order valence-electron chi connectivity index (χ3n) is 4.15. The van der Waals surface area contributed by atoms with Crippen LogP contribution in [0.5, 0.6) is 5.75 Å². The van der Waals surface area contributed by atoms with E-state index in [0.29, 0.717) is 24.7 Å². The zero-order valence-corrected chi connectivity index (χ0v) is 15.5. The Bertz CT molecular complexity index is 715. The molecule has 1 fully saturated rings. The number of morpholine rings is 1. The Balaban J connectivity index is 1.46. The summed E-state index contributed by atoms with van der Waals surface area (Å²) in [5.41, 5.74) is 1.29. The summed E-state index contributed by atoms with van der Waals surface area (Å²) >= 11 is 0. The van der Waals surface area contributed by atoms with E-state index in [9.17, 15) is 4.79 Å². The summed E-state index contributed by atoms with van der Waals surface area (Å²) in [6, 6.07) is 7.53. The van der Waals surface area contributed by atoms with E-state index in [2.05, 4.69) is 25.5 Å². The predicted octanol–water partition coefficient (Wildman–Crippen LogP) is 1.68. The minimum atomic E-state index is -0.170. The molecule has 1 saturated heterocycles. The smallest absolute Gasteiger partial charge is 0.254 e. The van der Waals surface area contributed by atoms with Crippen LogP contribution in [0.2, 0.25) is 0 Å². The maximum atomic E-state index is 12.2. The summed E-state index contributed by atoms with van der Waals surface area (Å²) in [6.07, 6.45) is 3.04. The highest BCUT2D eigenvalue weighted by molar-refractivity contribution is 5.93. The lowest BCUT2D eigenvalue weighted by molar-refractivity contribution is 0.0383. The third-order valence-corrected chi connectivity index (χ3v) is 4.15. The second-order valence-corrected chi connectivity index (χ2v) is 6.09. The number of aromatic nitrogens is 2. The molecule has 0 unspecified atom stereocenters.